The number of piperidine rings is 1. The summed E-state index contributed by atoms with van der Waals surface area (Å²) in [6, 6.07) is 8.04. The standard InChI is InChI=1S/C20H26N2O4/c23-18(24)14-26-17-7-3-15(4-8-17)13-21-11-1-9-20(21)10-2-12-22(19(20)25)16-5-6-16/h3-4,7-8,16H,1-2,5-6,9-14H2,(H,23,24). The lowest BCUT2D eigenvalue weighted by atomic mass is 9.85. The van der Waals surface area contributed by atoms with E-state index in [-0.39, 0.29) is 12.1 Å². The first-order chi connectivity index (χ1) is 12.6. The first-order valence-electron chi connectivity index (χ1n) is 9.58. The van der Waals surface area contributed by atoms with Gasteiger partial charge in [-0.25, -0.2) is 4.79 Å². The Labute approximate surface area is 153 Å². The number of ether oxygens (including phenoxy) is 1. The van der Waals surface area contributed by atoms with Crippen molar-refractivity contribution in [3.63, 3.8) is 0 Å². The van der Waals surface area contributed by atoms with Crippen LogP contribution in [-0.2, 0) is 16.1 Å². The molecule has 1 aromatic rings. The summed E-state index contributed by atoms with van der Waals surface area (Å²) < 4.78 is 5.19. The summed E-state index contributed by atoms with van der Waals surface area (Å²) in [6.07, 6.45) is 6.44. The molecule has 0 radical (unpaired) electrons. The number of hydrogen-bond acceptors (Lipinski definition) is 4. The molecule has 140 valence electrons. The van der Waals surface area contributed by atoms with Crippen molar-refractivity contribution >= 4 is 11.9 Å². The average molecular weight is 358 g/mol. The summed E-state index contributed by atoms with van der Waals surface area (Å²) in [4.78, 5) is 28.3. The SMILES string of the molecule is O=C(O)COc1ccc(CN2CCCC23CCCN(C2CC2)C3=O)cc1. The van der Waals surface area contributed by atoms with Gasteiger partial charge in [0.1, 0.15) is 11.3 Å². The zero-order valence-corrected chi connectivity index (χ0v) is 15.0. The monoisotopic (exact) mass is 358 g/mol. The molecule has 1 saturated carbocycles. The van der Waals surface area contributed by atoms with Crippen LogP contribution >= 0.6 is 0 Å². The Hall–Kier alpha value is -2.08. The van der Waals surface area contributed by atoms with Gasteiger partial charge in [-0.3, -0.25) is 9.69 Å². The van der Waals surface area contributed by atoms with Crippen LogP contribution in [0.15, 0.2) is 24.3 Å². The molecule has 2 saturated heterocycles. The number of likely N-dealkylation sites (tertiary alicyclic amines) is 2. The summed E-state index contributed by atoms with van der Waals surface area (Å²) in [5.41, 5.74) is 0.824. The predicted octanol–water partition coefficient (Wildman–Crippen LogP) is 2.27. The minimum atomic E-state index is -0.982. The number of carbonyl (C=O) groups excluding carboxylic acids is 1. The topological polar surface area (TPSA) is 70.1 Å². The van der Waals surface area contributed by atoms with Crippen molar-refractivity contribution in [1.82, 2.24) is 9.80 Å². The largest absolute Gasteiger partial charge is 0.482 e. The molecule has 2 heterocycles. The van der Waals surface area contributed by atoms with Crippen LogP contribution in [0.3, 0.4) is 0 Å². The highest BCUT2D eigenvalue weighted by Crippen LogP contribution is 2.42. The first-order valence-corrected chi connectivity index (χ1v) is 9.58. The van der Waals surface area contributed by atoms with Gasteiger partial charge in [-0.1, -0.05) is 12.1 Å². The molecule has 3 aliphatic rings. The second-order valence-electron chi connectivity index (χ2n) is 7.72. The number of benzene rings is 1. The molecule has 1 atom stereocenters. The number of aliphatic carboxylic acids is 1. The molecule has 1 N–H and O–H groups in total. The van der Waals surface area contributed by atoms with E-state index in [4.69, 9.17) is 9.84 Å². The third-order valence-electron chi connectivity index (χ3n) is 5.92. The van der Waals surface area contributed by atoms with E-state index in [1.54, 1.807) is 12.1 Å². The molecule has 1 unspecified atom stereocenters. The summed E-state index contributed by atoms with van der Waals surface area (Å²) in [5, 5.41) is 8.68. The van der Waals surface area contributed by atoms with Crippen molar-refractivity contribution < 1.29 is 19.4 Å². The Morgan fingerprint density at radius 1 is 1.15 bits per heavy atom. The number of carboxylic acid groups (broad SMARTS) is 1. The van der Waals surface area contributed by atoms with Crippen molar-refractivity contribution in [3.8, 4) is 5.75 Å². The lowest BCUT2D eigenvalue weighted by Gasteiger charge is -2.45. The van der Waals surface area contributed by atoms with E-state index in [1.807, 2.05) is 12.1 Å². The van der Waals surface area contributed by atoms with Crippen LogP contribution in [-0.4, -0.2) is 58.1 Å². The molecule has 1 aliphatic carbocycles. The summed E-state index contributed by atoms with van der Waals surface area (Å²) >= 11 is 0. The van der Waals surface area contributed by atoms with Gasteiger partial charge in [-0.15, -0.1) is 0 Å². The van der Waals surface area contributed by atoms with Crippen molar-refractivity contribution in [2.24, 2.45) is 0 Å². The molecular formula is C20H26N2O4. The van der Waals surface area contributed by atoms with Crippen molar-refractivity contribution in [2.75, 3.05) is 19.7 Å². The highest BCUT2D eigenvalue weighted by atomic mass is 16.5. The average Bonchev–Trinajstić information content (AvgIpc) is 3.40. The third-order valence-corrected chi connectivity index (χ3v) is 5.92. The number of carbonyl (C=O) groups is 2. The smallest absolute Gasteiger partial charge is 0.341 e. The molecule has 1 amide bonds. The van der Waals surface area contributed by atoms with E-state index in [2.05, 4.69) is 9.80 Å². The van der Waals surface area contributed by atoms with Gasteiger partial charge >= 0.3 is 5.97 Å². The van der Waals surface area contributed by atoms with Gasteiger partial charge in [-0.2, -0.15) is 0 Å². The molecule has 0 aromatic heterocycles. The van der Waals surface area contributed by atoms with Crippen LogP contribution in [0, 0.1) is 0 Å². The minimum absolute atomic E-state index is 0.306. The fourth-order valence-electron chi connectivity index (χ4n) is 4.50. The Kier molecular flexibility index (Phi) is 4.61. The normalized spacial score (nSPS) is 26.5. The van der Waals surface area contributed by atoms with Gasteiger partial charge in [0.05, 0.1) is 0 Å². The van der Waals surface area contributed by atoms with Gasteiger partial charge in [0, 0.05) is 19.1 Å². The summed E-state index contributed by atoms with van der Waals surface area (Å²) in [5.74, 6) is -0.0739. The maximum atomic E-state index is 13.2. The highest BCUT2D eigenvalue weighted by molar-refractivity contribution is 5.88. The van der Waals surface area contributed by atoms with Crippen LogP contribution in [0.1, 0.15) is 44.1 Å². The van der Waals surface area contributed by atoms with Crippen LogP contribution in [0.5, 0.6) is 5.75 Å². The summed E-state index contributed by atoms with van der Waals surface area (Å²) in [6.45, 7) is 2.31. The second-order valence-corrected chi connectivity index (χ2v) is 7.72. The lowest BCUT2D eigenvalue weighted by Crippen LogP contribution is -2.60. The van der Waals surface area contributed by atoms with Crippen LogP contribution in [0.4, 0.5) is 0 Å². The van der Waals surface area contributed by atoms with Gasteiger partial charge in [-0.05, 0) is 62.8 Å². The maximum absolute atomic E-state index is 13.2. The van der Waals surface area contributed by atoms with Crippen molar-refractivity contribution in [1.29, 1.82) is 0 Å². The van der Waals surface area contributed by atoms with Gasteiger partial charge in [0.15, 0.2) is 6.61 Å². The molecule has 3 fully saturated rings. The summed E-state index contributed by atoms with van der Waals surface area (Å²) in [7, 11) is 0. The van der Waals surface area contributed by atoms with E-state index in [1.165, 1.54) is 12.8 Å². The third kappa shape index (κ3) is 3.30. The van der Waals surface area contributed by atoms with E-state index in [0.717, 1.165) is 50.9 Å². The Balaban J connectivity index is 1.45. The predicted molar refractivity (Wildman–Crippen MR) is 95.9 cm³/mol. The fraction of sp³-hybridized carbons (Fsp3) is 0.600. The highest BCUT2D eigenvalue weighted by Gasteiger charge is 2.52. The molecule has 6 nitrogen and oxygen atoms in total. The minimum Gasteiger partial charge on any atom is -0.482 e. The molecular weight excluding hydrogens is 332 g/mol. The number of carboxylic acids is 1. The molecule has 0 bridgehead atoms. The second kappa shape index (κ2) is 6.91. The number of nitrogens with zero attached hydrogens (tertiary/aromatic N) is 2. The molecule has 1 spiro atoms. The number of rotatable bonds is 6. The number of amides is 1. The Bertz CT molecular complexity index is 686. The maximum Gasteiger partial charge on any atom is 0.341 e. The quantitative estimate of drug-likeness (QED) is 0.845. The molecule has 26 heavy (non-hydrogen) atoms. The van der Waals surface area contributed by atoms with Crippen molar-refractivity contribution in [3.05, 3.63) is 29.8 Å². The number of hydrogen-bond donors (Lipinski definition) is 1. The Morgan fingerprint density at radius 2 is 1.85 bits per heavy atom. The Morgan fingerprint density at radius 3 is 2.50 bits per heavy atom. The van der Waals surface area contributed by atoms with Crippen molar-refractivity contribution in [2.45, 2.75) is 56.7 Å². The van der Waals surface area contributed by atoms with E-state index < -0.39 is 5.97 Å². The molecule has 6 heteroatoms. The van der Waals surface area contributed by atoms with Gasteiger partial charge < -0.3 is 14.7 Å². The van der Waals surface area contributed by atoms with E-state index >= 15 is 0 Å². The van der Waals surface area contributed by atoms with E-state index in [9.17, 15) is 9.59 Å². The van der Waals surface area contributed by atoms with Crippen LogP contribution in [0.2, 0.25) is 0 Å². The van der Waals surface area contributed by atoms with Gasteiger partial charge in [0.2, 0.25) is 5.91 Å². The zero-order chi connectivity index (χ0) is 18.1. The zero-order valence-electron chi connectivity index (χ0n) is 15.0. The lowest BCUT2D eigenvalue weighted by molar-refractivity contribution is -0.148. The van der Waals surface area contributed by atoms with Gasteiger partial charge in [0.25, 0.3) is 0 Å². The van der Waals surface area contributed by atoms with E-state index in [0.29, 0.717) is 17.7 Å². The molecule has 2 aliphatic heterocycles. The molecule has 4 rings (SSSR count). The first kappa shape index (κ1) is 17.3. The van der Waals surface area contributed by atoms with Crippen LogP contribution < -0.4 is 4.74 Å². The fourth-order valence-corrected chi connectivity index (χ4v) is 4.50. The molecule has 1 aromatic carbocycles. The van der Waals surface area contributed by atoms with Crippen LogP contribution in [0.25, 0.3) is 0 Å².